The Labute approximate surface area is 148 Å². The lowest BCUT2D eigenvalue weighted by atomic mass is 10.3. The number of hydrogen-bond acceptors (Lipinski definition) is 5. The first kappa shape index (κ1) is 17.0. The van der Waals surface area contributed by atoms with Crippen molar-refractivity contribution in [1.29, 1.82) is 0 Å². The van der Waals surface area contributed by atoms with Gasteiger partial charge in [0, 0.05) is 29.8 Å². The van der Waals surface area contributed by atoms with Crippen molar-refractivity contribution in [3.05, 3.63) is 46.2 Å². The fourth-order valence-corrected chi connectivity index (χ4v) is 4.06. The molecule has 0 atom stereocenters. The summed E-state index contributed by atoms with van der Waals surface area (Å²) in [5.74, 6) is 0.834. The molecule has 1 aliphatic heterocycles. The summed E-state index contributed by atoms with van der Waals surface area (Å²) < 4.78 is 12.9. The number of aromatic nitrogens is 1. The van der Waals surface area contributed by atoms with E-state index in [-0.39, 0.29) is 11.7 Å². The Morgan fingerprint density at radius 3 is 2.96 bits per heavy atom. The number of carbonyl (C=O) groups is 1. The highest BCUT2D eigenvalue weighted by Gasteiger charge is 2.23. The number of thioether (sulfide) groups is 1. The summed E-state index contributed by atoms with van der Waals surface area (Å²) in [4.78, 5) is 18.5. The fourth-order valence-electron chi connectivity index (χ4n) is 2.34. The summed E-state index contributed by atoms with van der Waals surface area (Å²) >= 11 is 3.16. The Balaban J connectivity index is 1.70. The number of benzene rings is 1. The maximum Gasteiger partial charge on any atom is 0.227 e. The van der Waals surface area contributed by atoms with Crippen LogP contribution in [0.1, 0.15) is 25.5 Å². The number of anilines is 2. The van der Waals surface area contributed by atoms with Crippen molar-refractivity contribution in [2.75, 3.05) is 17.6 Å². The smallest absolute Gasteiger partial charge is 0.227 e. The van der Waals surface area contributed by atoms with E-state index >= 15 is 0 Å². The van der Waals surface area contributed by atoms with Gasteiger partial charge in [0.2, 0.25) is 5.91 Å². The van der Waals surface area contributed by atoms with Gasteiger partial charge in [-0.1, -0.05) is 6.92 Å². The van der Waals surface area contributed by atoms with E-state index in [4.69, 9.17) is 0 Å². The molecule has 1 N–H and O–H groups in total. The highest BCUT2D eigenvalue weighted by molar-refractivity contribution is 8.03. The molecular weight excluding hydrogens is 345 g/mol. The molecule has 2 heterocycles. The Kier molecular flexibility index (Phi) is 5.52. The first-order chi connectivity index (χ1) is 11.7. The summed E-state index contributed by atoms with van der Waals surface area (Å²) in [6.07, 6.45) is 3.39. The second-order valence-electron chi connectivity index (χ2n) is 5.34. The van der Waals surface area contributed by atoms with Gasteiger partial charge in [-0.15, -0.1) is 23.1 Å². The van der Waals surface area contributed by atoms with Crippen LogP contribution < -0.4 is 5.32 Å². The zero-order valence-electron chi connectivity index (χ0n) is 13.3. The van der Waals surface area contributed by atoms with Gasteiger partial charge in [-0.25, -0.2) is 9.37 Å². The molecule has 0 bridgehead atoms. The van der Waals surface area contributed by atoms with Gasteiger partial charge in [-0.2, -0.15) is 0 Å². The van der Waals surface area contributed by atoms with Crippen molar-refractivity contribution in [3.8, 4) is 0 Å². The normalized spacial score (nSPS) is 15.9. The van der Waals surface area contributed by atoms with Crippen molar-refractivity contribution >= 4 is 45.9 Å². The third-order valence-corrected chi connectivity index (χ3v) is 5.28. The van der Waals surface area contributed by atoms with Crippen LogP contribution in [0.3, 0.4) is 0 Å². The van der Waals surface area contributed by atoms with Crippen molar-refractivity contribution in [2.24, 2.45) is 0 Å². The van der Waals surface area contributed by atoms with E-state index in [9.17, 15) is 9.18 Å². The molecule has 0 saturated carbocycles. The molecule has 4 nitrogen and oxygen atoms in total. The van der Waals surface area contributed by atoms with Crippen LogP contribution in [0.2, 0.25) is 0 Å². The van der Waals surface area contributed by atoms with E-state index in [1.54, 1.807) is 23.9 Å². The van der Waals surface area contributed by atoms with Gasteiger partial charge < -0.3 is 10.2 Å². The SMILES string of the molecule is CCCC(=O)N1CCS/C1=C/c1csc(Nc2ccc(F)cc2)n1. The minimum Gasteiger partial charge on any atom is -0.332 e. The molecule has 24 heavy (non-hydrogen) atoms. The van der Waals surface area contributed by atoms with Gasteiger partial charge in [0.15, 0.2) is 5.13 Å². The van der Waals surface area contributed by atoms with Gasteiger partial charge in [0.05, 0.1) is 10.7 Å². The zero-order chi connectivity index (χ0) is 16.9. The number of thiazole rings is 1. The van der Waals surface area contributed by atoms with E-state index in [2.05, 4.69) is 10.3 Å². The molecule has 1 aromatic heterocycles. The van der Waals surface area contributed by atoms with Crippen LogP contribution in [0.4, 0.5) is 15.2 Å². The van der Waals surface area contributed by atoms with Crippen LogP contribution in [0.25, 0.3) is 6.08 Å². The molecule has 0 aliphatic carbocycles. The second-order valence-corrected chi connectivity index (χ2v) is 7.31. The molecule has 0 radical (unpaired) electrons. The van der Waals surface area contributed by atoms with Crippen LogP contribution in [0, 0.1) is 5.82 Å². The van der Waals surface area contributed by atoms with E-state index in [0.717, 1.165) is 40.3 Å². The average molecular weight is 363 g/mol. The Hall–Kier alpha value is -1.86. The number of carbonyl (C=O) groups excluding carboxylic acids is 1. The third-order valence-electron chi connectivity index (χ3n) is 3.48. The molecule has 7 heteroatoms. The van der Waals surface area contributed by atoms with Gasteiger partial charge in [-0.3, -0.25) is 4.79 Å². The Morgan fingerprint density at radius 1 is 1.42 bits per heavy atom. The van der Waals surface area contributed by atoms with Gasteiger partial charge in [0.1, 0.15) is 5.82 Å². The zero-order valence-corrected chi connectivity index (χ0v) is 14.9. The summed E-state index contributed by atoms with van der Waals surface area (Å²) in [5, 5.41) is 6.80. The van der Waals surface area contributed by atoms with Gasteiger partial charge in [-0.05, 0) is 36.8 Å². The molecule has 0 spiro atoms. The lowest BCUT2D eigenvalue weighted by Gasteiger charge is -2.16. The fraction of sp³-hybridized carbons (Fsp3) is 0.294. The molecule has 1 saturated heterocycles. The lowest BCUT2D eigenvalue weighted by molar-refractivity contribution is -0.128. The van der Waals surface area contributed by atoms with Crippen LogP contribution >= 0.6 is 23.1 Å². The average Bonchev–Trinajstić information content (AvgIpc) is 3.20. The monoisotopic (exact) mass is 363 g/mol. The molecule has 3 rings (SSSR count). The van der Waals surface area contributed by atoms with Crippen LogP contribution in [-0.2, 0) is 4.79 Å². The van der Waals surface area contributed by atoms with E-state index < -0.39 is 0 Å². The number of rotatable bonds is 5. The van der Waals surface area contributed by atoms with Crippen molar-refractivity contribution in [3.63, 3.8) is 0 Å². The minimum absolute atomic E-state index is 0.175. The molecular formula is C17H18FN3OS2. The number of nitrogens with one attached hydrogen (secondary N) is 1. The Morgan fingerprint density at radius 2 is 2.21 bits per heavy atom. The highest BCUT2D eigenvalue weighted by atomic mass is 32.2. The summed E-state index contributed by atoms with van der Waals surface area (Å²) in [7, 11) is 0. The lowest BCUT2D eigenvalue weighted by Crippen LogP contribution is -2.26. The third kappa shape index (κ3) is 4.15. The predicted octanol–water partition coefficient (Wildman–Crippen LogP) is 4.70. The highest BCUT2D eigenvalue weighted by Crippen LogP contribution is 2.31. The molecule has 1 fully saturated rings. The van der Waals surface area contributed by atoms with E-state index in [1.165, 1.54) is 23.5 Å². The quantitative estimate of drug-likeness (QED) is 0.836. The number of amides is 1. The molecule has 1 aromatic carbocycles. The van der Waals surface area contributed by atoms with E-state index in [1.807, 2.05) is 23.3 Å². The summed E-state index contributed by atoms with van der Waals surface area (Å²) in [5.41, 5.74) is 1.61. The van der Waals surface area contributed by atoms with Crippen LogP contribution in [-0.4, -0.2) is 28.1 Å². The molecule has 0 unspecified atom stereocenters. The maximum absolute atomic E-state index is 12.9. The topological polar surface area (TPSA) is 45.2 Å². The number of nitrogens with zero attached hydrogens (tertiary/aromatic N) is 2. The summed E-state index contributed by atoms with van der Waals surface area (Å²) in [6.45, 7) is 2.78. The van der Waals surface area contributed by atoms with Crippen LogP contribution in [0.5, 0.6) is 0 Å². The van der Waals surface area contributed by atoms with Gasteiger partial charge in [0.25, 0.3) is 0 Å². The van der Waals surface area contributed by atoms with Crippen molar-refractivity contribution < 1.29 is 9.18 Å². The summed E-state index contributed by atoms with van der Waals surface area (Å²) in [6, 6.07) is 6.16. The minimum atomic E-state index is -0.264. The molecule has 2 aromatic rings. The largest absolute Gasteiger partial charge is 0.332 e. The van der Waals surface area contributed by atoms with Crippen molar-refractivity contribution in [1.82, 2.24) is 9.88 Å². The number of halogens is 1. The van der Waals surface area contributed by atoms with Crippen LogP contribution in [0.15, 0.2) is 34.7 Å². The maximum atomic E-state index is 12.9. The molecule has 1 aliphatic rings. The van der Waals surface area contributed by atoms with Crippen molar-refractivity contribution in [2.45, 2.75) is 19.8 Å². The standard InChI is InChI=1S/C17H18FN3OS2/c1-2-3-15(22)21-8-9-23-16(21)10-14-11-24-17(20-14)19-13-6-4-12(18)5-7-13/h4-7,10-11H,2-3,8-9H2,1H3,(H,19,20)/b16-10+. The second kappa shape index (κ2) is 7.81. The molecule has 126 valence electrons. The first-order valence-corrected chi connectivity index (χ1v) is 9.65. The van der Waals surface area contributed by atoms with E-state index in [0.29, 0.717) is 6.42 Å². The Bertz CT molecular complexity index is 743. The predicted molar refractivity (Wildman–Crippen MR) is 98.9 cm³/mol. The molecule has 1 amide bonds. The van der Waals surface area contributed by atoms with Gasteiger partial charge >= 0.3 is 0 Å². The first-order valence-electron chi connectivity index (χ1n) is 7.78. The number of hydrogen-bond donors (Lipinski definition) is 1.